The predicted molar refractivity (Wildman–Crippen MR) is 70.3 cm³/mol. The molecule has 1 saturated carbocycles. The lowest BCUT2D eigenvalue weighted by molar-refractivity contribution is -0.135. The zero-order valence-electron chi connectivity index (χ0n) is 11.6. The van der Waals surface area contributed by atoms with Gasteiger partial charge in [-0.05, 0) is 32.6 Å². The molecule has 0 aromatic heterocycles. The van der Waals surface area contributed by atoms with Crippen molar-refractivity contribution < 1.29 is 14.8 Å². The number of amides is 2. The Kier molecular flexibility index (Phi) is 4.07. The number of primary amides is 1. The van der Waals surface area contributed by atoms with Gasteiger partial charge >= 0.3 is 0 Å². The minimum absolute atomic E-state index is 0.0283. The van der Waals surface area contributed by atoms with Crippen LogP contribution in [-0.4, -0.2) is 28.4 Å². The molecule has 0 aliphatic heterocycles. The van der Waals surface area contributed by atoms with E-state index in [0.29, 0.717) is 18.8 Å². The fourth-order valence-electron chi connectivity index (χ4n) is 2.64. The van der Waals surface area contributed by atoms with E-state index in [1.165, 1.54) is 0 Å². The average Bonchev–Trinajstić information content (AvgIpc) is 2.20. The molecule has 0 aromatic carbocycles. The van der Waals surface area contributed by atoms with E-state index in [2.05, 4.69) is 10.5 Å². The van der Waals surface area contributed by atoms with Gasteiger partial charge < -0.3 is 22.0 Å². The summed E-state index contributed by atoms with van der Waals surface area (Å²) >= 11 is 0. The molecular formula is C12H22N4O3. The summed E-state index contributed by atoms with van der Waals surface area (Å²) in [5.41, 5.74) is 9.05. The first-order valence-electron chi connectivity index (χ1n) is 6.22. The first-order valence-corrected chi connectivity index (χ1v) is 6.22. The summed E-state index contributed by atoms with van der Waals surface area (Å²) in [7, 11) is 0. The van der Waals surface area contributed by atoms with Crippen molar-refractivity contribution in [2.75, 3.05) is 0 Å². The van der Waals surface area contributed by atoms with E-state index in [0.717, 1.165) is 0 Å². The lowest BCUT2D eigenvalue weighted by Crippen LogP contribution is -2.60. The maximum Gasteiger partial charge on any atom is 0.234 e. The van der Waals surface area contributed by atoms with E-state index < -0.39 is 16.9 Å². The summed E-state index contributed by atoms with van der Waals surface area (Å²) in [5.74, 6) is -0.569. The van der Waals surface area contributed by atoms with Crippen molar-refractivity contribution in [2.24, 2.45) is 28.0 Å². The van der Waals surface area contributed by atoms with Gasteiger partial charge in [-0.15, -0.1) is 0 Å². The Morgan fingerprint density at radius 2 is 1.95 bits per heavy atom. The fourth-order valence-corrected chi connectivity index (χ4v) is 2.64. The number of hydrogen-bond acceptors (Lipinski definition) is 4. The van der Waals surface area contributed by atoms with Crippen LogP contribution in [-0.2, 0) is 9.59 Å². The number of nitrogens with two attached hydrogens (primary N) is 2. The second kappa shape index (κ2) is 5.07. The molecule has 1 aliphatic carbocycles. The van der Waals surface area contributed by atoms with Gasteiger partial charge in [-0.2, -0.15) is 0 Å². The molecule has 0 spiro atoms. The Hall–Kier alpha value is -1.79. The number of amidine groups is 1. The Morgan fingerprint density at radius 3 is 2.32 bits per heavy atom. The van der Waals surface area contributed by atoms with E-state index in [4.69, 9.17) is 16.7 Å². The van der Waals surface area contributed by atoms with Crippen LogP contribution in [0.5, 0.6) is 0 Å². The summed E-state index contributed by atoms with van der Waals surface area (Å²) < 4.78 is 0. The molecule has 0 heterocycles. The van der Waals surface area contributed by atoms with Crippen LogP contribution in [0.2, 0.25) is 0 Å². The Morgan fingerprint density at radius 1 is 1.42 bits per heavy atom. The van der Waals surface area contributed by atoms with E-state index in [1.54, 1.807) is 13.8 Å². The largest absolute Gasteiger partial charge is 0.409 e. The Bertz CT molecular complexity index is 411. The minimum Gasteiger partial charge on any atom is -0.409 e. The maximum absolute atomic E-state index is 12.4. The molecule has 0 bridgehead atoms. The molecule has 0 saturated heterocycles. The molecular weight excluding hydrogens is 248 g/mol. The highest BCUT2D eigenvalue weighted by atomic mass is 16.4. The van der Waals surface area contributed by atoms with Crippen molar-refractivity contribution in [1.29, 1.82) is 0 Å². The van der Waals surface area contributed by atoms with E-state index in [1.807, 2.05) is 6.92 Å². The number of oxime groups is 1. The van der Waals surface area contributed by atoms with Crippen molar-refractivity contribution in [1.82, 2.24) is 5.32 Å². The molecule has 0 unspecified atom stereocenters. The third kappa shape index (κ3) is 3.15. The maximum atomic E-state index is 12.4. The van der Waals surface area contributed by atoms with E-state index >= 15 is 0 Å². The number of carbonyl (C=O) groups is 2. The topological polar surface area (TPSA) is 131 Å². The highest BCUT2D eigenvalue weighted by Gasteiger charge is 2.53. The molecule has 2 amide bonds. The van der Waals surface area contributed by atoms with Gasteiger partial charge in [0.05, 0.1) is 0 Å². The summed E-state index contributed by atoms with van der Waals surface area (Å²) in [6, 6.07) is 0. The SMILES string of the molecule is CC1CC(C(=O)NC(C)(C)CC(N)=O)(C(N)=NO)C1. The van der Waals surface area contributed by atoms with Gasteiger partial charge in [0.1, 0.15) is 5.41 Å². The zero-order chi connectivity index (χ0) is 14.8. The van der Waals surface area contributed by atoms with Crippen LogP contribution in [0, 0.1) is 11.3 Å². The zero-order valence-corrected chi connectivity index (χ0v) is 11.6. The van der Waals surface area contributed by atoms with Gasteiger partial charge in [-0.25, -0.2) is 0 Å². The molecule has 19 heavy (non-hydrogen) atoms. The molecule has 1 fully saturated rings. The lowest BCUT2D eigenvalue weighted by atomic mass is 9.61. The Balaban J connectivity index is 2.83. The van der Waals surface area contributed by atoms with Crippen molar-refractivity contribution in [3.8, 4) is 0 Å². The summed E-state index contributed by atoms with van der Waals surface area (Å²) in [4.78, 5) is 23.3. The highest BCUT2D eigenvalue weighted by Crippen LogP contribution is 2.46. The Labute approximate surface area is 112 Å². The van der Waals surface area contributed by atoms with Crippen molar-refractivity contribution in [2.45, 2.75) is 45.6 Å². The van der Waals surface area contributed by atoms with Crippen molar-refractivity contribution in [3.05, 3.63) is 0 Å². The van der Waals surface area contributed by atoms with Gasteiger partial charge in [-0.1, -0.05) is 12.1 Å². The van der Waals surface area contributed by atoms with Crippen LogP contribution in [0.3, 0.4) is 0 Å². The monoisotopic (exact) mass is 270 g/mol. The molecule has 0 atom stereocenters. The molecule has 0 radical (unpaired) electrons. The van der Waals surface area contributed by atoms with Crippen LogP contribution in [0.1, 0.15) is 40.0 Å². The standard InChI is InChI=1S/C12H22N4O3/c1-7-4-12(5-7,9(14)16-19)10(18)15-11(2,3)6-8(13)17/h7,19H,4-6H2,1-3H3,(H2,13,17)(H2,14,16)(H,15,18). The molecule has 7 heteroatoms. The van der Waals surface area contributed by atoms with Gasteiger partial charge in [0.25, 0.3) is 0 Å². The van der Waals surface area contributed by atoms with Gasteiger partial charge in [0, 0.05) is 12.0 Å². The van der Waals surface area contributed by atoms with Crippen LogP contribution >= 0.6 is 0 Å². The first kappa shape index (κ1) is 15.3. The average molecular weight is 270 g/mol. The summed E-state index contributed by atoms with van der Waals surface area (Å²) in [6.07, 6.45) is 1.09. The van der Waals surface area contributed by atoms with Crippen LogP contribution in [0.25, 0.3) is 0 Å². The number of nitrogens with one attached hydrogen (secondary N) is 1. The van der Waals surface area contributed by atoms with Crippen LogP contribution in [0.15, 0.2) is 5.16 Å². The molecule has 1 rings (SSSR count). The lowest BCUT2D eigenvalue weighted by Gasteiger charge is -2.45. The number of carbonyl (C=O) groups excluding carboxylic acids is 2. The molecule has 1 aliphatic rings. The van der Waals surface area contributed by atoms with Crippen molar-refractivity contribution in [3.63, 3.8) is 0 Å². The van der Waals surface area contributed by atoms with Gasteiger partial charge in [0.15, 0.2) is 5.84 Å². The molecule has 7 nitrogen and oxygen atoms in total. The quantitative estimate of drug-likeness (QED) is 0.241. The van der Waals surface area contributed by atoms with E-state index in [-0.39, 0.29) is 18.2 Å². The second-order valence-corrected chi connectivity index (χ2v) is 6.06. The third-order valence-electron chi connectivity index (χ3n) is 3.49. The minimum atomic E-state index is -0.969. The predicted octanol–water partition coefficient (Wildman–Crippen LogP) is -0.0807. The normalized spacial score (nSPS) is 27.5. The third-order valence-corrected chi connectivity index (χ3v) is 3.49. The second-order valence-electron chi connectivity index (χ2n) is 6.06. The van der Waals surface area contributed by atoms with Crippen LogP contribution in [0.4, 0.5) is 0 Å². The highest BCUT2D eigenvalue weighted by molar-refractivity contribution is 6.08. The molecule has 0 aromatic rings. The summed E-state index contributed by atoms with van der Waals surface area (Å²) in [6.45, 7) is 5.40. The summed E-state index contributed by atoms with van der Waals surface area (Å²) in [5, 5.41) is 14.5. The fraction of sp³-hybridized carbons (Fsp3) is 0.750. The van der Waals surface area contributed by atoms with Gasteiger partial charge in [0.2, 0.25) is 11.8 Å². The number of rotatable bonds is 5. The van der Waals surface area contributed by atoms with E-state index in [9.17, 15) is 9.59 Å². The smallest absolute Gasteiger partial charge is 0.234 e. The van der Waals surface area contributed by atoms with Gasteiger partial charge in [-0.3, -0.25) is 9.59 Å². The van der Waals surface area contributed by atoms with Crippen molar-refractivity contribution >= 4 is 17.6 Å². The molecule has 6 N–H and O–H groups in total. The van der Waals surface area contributed by atoms with Crippen LogP contribution < -0.4 is 16.8 Å². The number of hydrogen-bond donors (Lipinski definition) is 4. The number of nitrogens with zero attached hydrogens (tertiary/aromatic N) is 1. The molecule has 108 valence electrons. The first-order chi connectivity index (χ1) is 8.63.